The van der Waals surface area contributed by atoms with Crippen molar-refractivity contribution < 1.29 is 0 Å². The molecule has 0 fully saturated rings. The summed E-state index contributed by atoms with van der Waals surface area (Å²) in [6, 6.07) is 38.3. The Balaban J connectivity index is 2.17. The first-order valence-electron chi connectivity index (χ1n) is 9.10. The van der Waals surface area contributed by atoms with Crippen LogP contribution in [0.25, 0.3) is 4.85 Å². The van der Waals surface area contributed by atoms with Gasteiger partial charge >= 0.3 is 0 Å². The largest absolute Gasteiger partial charge is 0.238 e. The molecule has 0 saturated heterocycles. The fourth-order valence-corrected chi connectivity index (χ4v) is 9.43. The first kappa shape index (κ1) is 18.4. The van der Waals surface area contributed by atoms with Crippen LogP contribution in [0.1, 0.15) is 0 Å². The van der Waals surface area contributed by atoms with Crippen LogP contribution < -0.4 is 20.7 Å². The lowest BCUT2D eigenvalue weighted by molar-refractivity contribution is 1.65. The summed E-state index contributed by atoms with van der Waals surface area (Å²) in [6.45, 7) is 7.58. The number of hydrogen-bond acceptors (Lipinski definition) is 0. The standard InChI is InChI=1S/C25H18BrNSi/c1-27-21-17-20(26)18-25(19-21)28(22-11-5-2-6-12-22,23-13-7-3-8-14-23)24-15-9-4-10-16-24/h2-19H. The quantitative estimate of drug-likeness (QED) is 0.252. The summed E-state index contributed by atoms with van der Waals surface area (Å²) in [5.41, 5.74) is 0.657. The molecule has 0 aliphatic heterocycles. The van der Waals surface area contributed by atoms with Gasteiger partial charge in [0.05, 0.1) is 6.57 Å². The maximum absolute atomic E-state index is 7.58. The van der Waals surface area contributed by atoms with Gasteiger partial charge in [-0.2, -0.15) is 0 Å². The minimum atomic E-state index is -2.55. The molecule has 0 aliphatic rings. The molecule has 0 aromatic heterocycles. The van der Waals surface area contributed by atoms with Crippen LogP contribution >= 0.6 is 15.9 Å². The molecule has 0 radical (unpaired) electrons. The van der Waals surface area contributed by atoms with Crippen LogP contribution in [0.3, 0.4) is 0 Å². The van der Waals surface area contributed by atoms with E-state index in [1.165, 1.54) is 20.7 Å². The minimum absolute atomic E-state index is 0.657. The van der Waals surface area contributed by atoms with E-state index in [0.717, 1.165) is 4.47 Å². The highest BCUT2D eigenvalue weighted by molar-refractivity contribution is 9.10. The molecule has 0 amide bonds. The lowest BCUT2D eigenvalue weighted by Gasteiger charge is -2.34. The molecule has 0 N–H and O–H groups in total. The van der Waals surface area contributed by atoms with Crippen LogP contribution in [-0.4, -0.2) is 8.07 Å². The van der Waals surface area contributed by atoms with Crippen molar-refractivity contribution in [1.29, 1.82) is 0 Å². The summed E-state index contributed by atoms with van der Waals surface area (Å²) in [6.07, 6.45) is 0. The second-order valence-electron chi connectivity index (χ2n) is 6.66. The van der Waals surface area contributed by atoms with Gasteiger partial charge in [0.1, 0.15) is 0 Å². The van der Waals surface area contributed by atoms with Gasteiger partial charge in [-0.05, 0) is 21.6 Å². The lowest BCUT2D eigenvalue weighted by Crippen LogP contribution is -2.74. The zero-order valence-electron chi connectivity index (χ0n) is 15.2. The van der Waals surface area contributed by atoms with Crippen molar-refractivity contribution in [3.63, 3.8) is 0 Å². The molecule has 4 rings (SSSR count). The van der Waals surface area contributed by atoms with Crippen LogP contribution in [0.5, 0.6) is 0 Å². The minimum Gasteiger partial charge on any atom is -0.238 e. The van der Waals surface area contributed by atoms with Crippen molar-refractivity contribution in [1.82, 2.24) is 0 Å². The summed E-state index contributed by atoms with van der Waals surface area (Å²) in [4.78, 5) is 3.73. The first-order valence-corrected chi connectivity index (χ1v) is 11.9. The predicted molar refractivity (Wildman–Crippen MR) is 124 cm³/mol. The molecule has 0 spiro atoms. The Labute approximate surface area is 175 Å². The Morgan fingerprint density at radius 3 is 1.39 bits per heavy atom. The van der Waals surface area contributed by atoms with Crippen LogP contribution in [0, 0.1) is 6.57 Å². The van der Waals surface area contributed by atoms with E-state index in [0.29, 0.717) is 5.69 Å². The van der Waals surface area contributed by atoms with Gasteiger partial charge in [-0.3, -0.25) is 0 Å². The zero-order valence-corrected chi connectivity index (χ0v) is 17.8. The lowest BCUT2D eigenvalue weighted by atomic mass is 10.3. The van der Waals surface area contributed by atoms with Crippen molar-refractivity contribution in [3.05, 3.63) is 125 Å². The molecule has 0 heterocycles. The SMILES string of the molecule is [C-]#[N+]c1cc(Br)cc([Si](c2ccccc2)(c2ccccc2)c2ccccc2)c1. The second kappa shape index (κ2) is 7.98. The van der Waals surface area contributed by atoms with E-state index >= 15 is 0 Å². The van der Waals surface area contributed by atoms with Crippen LogP contribution in [0.4, 0.5) is 5.69 Å². The predicted octanol–water partition coefficient (Wildman–Crippen LogP) is 4.38. The van der Waals surface area contributed by atoms with Crippen molar-refractivity contribution in [2.75, 3.05) is 0 Å². The third kappa shape index (κ3) is 3.22. The number of nitrogens with zero attached hydrogens (tertiary/aromatic N) is 1. The van der Waals surface area contributed by atoms with E-state index in [9.17, 15) is 0 Å². The van der Waals surface area contributed by atoms with Crippen molar-refractivity contribution in [2.45, 2.75) is 0 Å². The Bertz CT molecular complexity index is 1020. The number of halogens is 1. The normalized spacial score (nSPS) is 11.0. The smallest absolute Gasteiger partial charge is 0.188 e. The second-order valence-corrected chi connectivity index (χ2v) is 11.4. The van der Waals surface area contributed by atoms with Crippen LogP contribution in [0.15, 0.2) is 114 Å². The average Bonchev–Trinajstić information content (AvgIpc) is 2.76. The van der Waals surface area contributed by atoms with Crippen LogP contribution in [-0.2, 0) is 0 Å². The monoisotopic (exact) mass is 439 g/mol. The molecule has 0 bridgehead atoms. The summed E-state index contributed by atoms with van der Waals surface area (Å²) < 4.78 is 0.940. The van der Waals surface area contributed by atoms with Crippen molar-refractivity contribution in [3.8, 4) is 0 Å². The number of rotatable bonds is 4. The highest BCUT2D eigenvalue weighted by atomic mass is 79.9. The first-order chi connectivity index (χ1) is 13.7. The van der Waals surface area contributed by atoms with E-state index in [-0.39, 0.29) is 0 Å². The molecule has 0 aliphatic carbocycles. The van der Waals surface area contributed by atoms with Crippen molar-refractivity contribution in [2.24, 2.45) is 0 Å². The van der Waals surface area contributed by atoms with E-state index in [4.69, 9.17) is 6.57 Å². The third-order valence-electron chi connectivity index (χ3n) is 5.07. The summed E-state index contributed by atoms with van der Waals surface area (Å²) >= 11 is 3.64. The molecule has 134 valence electrons. The summed E-state index contributed by atoms with van der Waals surface area (Å²) in [5.74, 6) is 0. The zero-order chi connectivity index (χ0) is 19.4. The van der Waals surface area contributed by atoms with E-state index < -0.39 is 8.07 Å². The van der Waals surface area contributed by atoms with E-state index in [1.54, 1.807) is 0 Å². The van der Waals surface area contributed by atoms with E-state index in [1.807, 2.05) is 6.07 Å². The van der Waals surface area contributed by atoms with Gasteiger partial charge < -0.3 is 0 Å². The van der Waals surface area contributed by atoms with Gasteiger partial charge in [-0.15, -0.1) is 0 Å². The molecular weight excluding hydrogens is 422 g/mol. The highest BCUT2D eigenvalue weighted by Crippen LogP contribution is 2.20. The molecule has 1 nitrogen and oxygen atoms in total. The Kier molecular flexibility index (Phi) is 5.25. The highest BCUT2D eigenvalue weighted by Gasteiger charge is 2.41. The Hall–Kier alpha value is -2.93. The third-order valence-corrected chi connectivity index (χ3v) is 10.3. The molecule has 0 unspecified atom stereocenters. The molecule has 4 aromatic carbocycles. The van der Waals surface area contributed by atoms with Gasteiger partial charge in [0, 0.05) is 4.47 Å². The van der Waals surface area contributed by atoms with Gasteiger partial charge in [-0.1, -0.05) is 124 Å². The maximum Gasteiger partial charge on any atom is 0.188 e. The van der Waals surface area contributed by atoms with Gasteiger partial charge in [-0.25, -0.2) is 4.85 Å². The molecule has 28 heavy (non-hydrogen) atoms. The molecule has 4 aromatic rings. The van der Waals surface area contributed by atoms with Crippen molar-refractivity contribution >= 4 is 50.4 Å². The Morgan fingerprint density at radius 2 is 1.00 bits per heavy atom. The Morgan fingerprint density at radius 1 is 0.571 bits per heavy atom. The molecule has 0 atom stereocenters. The maximum atomic E-state index is 7.58. The average molecular weight is 440 g/mol. The fourth-order valence-electron chi connectivity index (χ4n) is 3.92. The molecule has 0 saturated carbocycles. The molecular formula is C25H18BrNSi. The topological polar surface area (TPSA) is 4.36 Å². The van der Waals surface area contributed by atoms with Gasteiger partial charge in [0.2, 0.25) is 0 Å². The van der Waals surface area contributed by atoms with Crippen LogP contribution in [0.2, 0.25) is 0 Å². The van der Waals surface area contributed by atoms with Gasteiger partial charge in [0.15, 0.2) is 13.8 Å². The number of benzene rings is 4. The summed E-state index contributed by atoms with van der Waals surface area (Å²) in [5, 5.41) is 5.13. The fraction of sp³-hybridized carbons (Fsp3) is 0. The summed E-state index contributed by atoms with van der Waals surface area (Å²) in [7, 11) is -2.55. The number of hydrogen-bond donors (Lipinski definition) is 0. The molecule has 3 heteroatoms. The van der Waals surface area contributed by atoms with E-state index in [2.05, 4.69) is 124 Å². The van der Waals surface area contributed by atoms with Gasteiger partial charge in [0.25, 0.3) is 0 Å².